The number of hydrogen-bond acceptors (Lipinski definition) is 6. The number of aromatic nitrogens is 5. The molecule has 7 nitrogen and oxygen atoms in total. The van der Waals surface area contributed by atoms with Crippen molar-refractivity contribution in [2.75, 3.05) is 36.0 Å². The van der Waals surface area contributed by atoms with E-state index in [1.54, 1.807) is 16.8 Å². The maximum absolute atomic E-state index is 14.0. The first-order chi connectivity index (χ1) is 12.2. The van der Waals surface area contributed by atoms with Crippen molar-refractivity contribution < 1.29 is 4.39 Å². The topological polar surface area (TPSA) is 62.5 Å². The number of pyridine rings is 1. The van der Waals surface area contributed by atoms with Crippen molar-refractivity contribution in [3.63, 3.8) is 0 Å². The van der Waals surface area contributed by atoms with Gasteiger partial charge in [-0.25, -0.2) is 9.37 Å². The summed E-state index contributed by atoms with van der Waals surface area (Å²) in [5.41, 5.74) is 0.762. The van der Waals surface area contributed by atoms with Crippen LogP contribution in [-0.2, 0) is 0 Å². The predicted octanol–water partition coefficient (Wildman–Crippen LogP) is 1.54. The second-order valence-electron chi connectivity index (χ2n) is 6.85. The molecule has 8 heteroatoms. The van der Waals surface area contributed by atoms with E-state index in [9.17, 15) is 4.39 Å². The van der Waals surface area contributed by atoms with E-state index in [4.69, 9.17) is 0 Å². The summed E-state index contributed by atoms with van der Waals surface area (Å²) in [7, 11) is 0. The maximum atomic E-state index is 14.0. The van der Waals surface area contributed by atoms with Crippen LogP contribution in [0.1, 0.15) is 5.82 Å². The third-order valence-corrected chi connectivity index (χ3v) is 5.25. The Balaban J connectivity index is 1.35. The number of aryl methyl sites for hydroxylation is 1. The van der Waals surface area contributed by atoms with Crippen LogP contribution in [0.4, 0.5) is 16.0 Å². The zero-order valence-corrected chi connectivity index (χ0v) is 13.9. The summed E-state index contributed by atoms with van der Waals surface area (Å²) >= 11 is 0. The molecular formula is C17H18FN7. The lowest BCUT2D eigenvalue weighted by atomic mass is 10.0. The van der Waals surface area contributed by atoms with Crippen molar-refractivity contribution >= 4 is 17.3 Å². The normalized spacial score (nSPS) is 22.8. The second kappa shape index (κ2) is 5.37. The number of rotatable bonds is 2. The molecule has 0 amide bonds. The highest BCUT2D eigenvalue weighted by Crippen LogP contribution is 2.35. The van der Waals surface area contributed by atoms with E-state index in [1.165, 1.54) is 6.07 Å². The Kier molecular flexibility index (Phi) is 3.13. The Bertz CT molecular complexity index is 926. The second-order valence-corrected chi connectivity index (χ2v) is 6.85. The molecule has 2 unspecified atom stereocenters. The summed E-state index contributed by atoms with van der Waals surface area (Å²) in [6.45, 7) is 5.42. The Morgan fingerprint density at radius 1 is 1.00 bits per heavy atom. The van der Waals surface area contributed by atoms with Gasteiger partial charge in [0.1, 0.15) is 5.82 Å². The maximum Gasteiger partial charge on any atom is 0.178 e. The van der Waals surface area contributed by atoms with Crippen LogP contribution in [0.5, 0.6) is 0 Å². The molecule has 0 radical (unpaired) electrons. The quantitative estimate of drug-likeness (QED) is 0.706. The third kappa shape index (κ3) is 2.32. The summed E-state index contributed by atoms with van der Waals surface area (Å²) in [4.78, 5) is 8.59. The van der Waals surface area contributed by atoms with E-state index in [0.717, 1.165) is 43.5 Å². The SMILES string of the molecule is Cc1nnc2ccc(N3CC4CN(c5ncccc5F)CC4C3)nn12. The van der Waals surface area contributed by atoms with Gasteiger partial charge < -0.3 is 9.80 Å². The van der Waals surface area contributed by atoms with Crippen LogP contribution >= 0.6 is 0 Å². The fraction of sp³-hybridized carbons (Fsp3) is 0.412. The molecule has 5 heterocycles. The van der Waals surface area contributed by atoms with E-state index in [2.05, 4.69) is 30.1 Å². The van der Waals surface area contributed by atoms with Gasteiger partial charge in [-0.15, -0.1) is 15.3 Å². The van der Waals surface area contributed by atoms with Crippen LogP contribution in [-0.4, -0.2) is 51.0 Å². The van der Waals surface area contributed by atoms with Crippen molar-refractivity contribution in [2.45, 2.75) is 6.92 Å². The van der Waals surface area contributed by atoms with Gasteiger partial charge in [-0.2, -0.15) is 4.52 Å². The first kappa shape index (κ1) is 14.6. The van der Waals surface area contributed by atoms with Crippen LogP contribution in [0.2, 0.25) is 0 Å². The van der Waals surface area contributed by atoms with Gasteiger partial charge >= 0.3 is 0 Å². The molecule has 3 aromatic rings. The van der Waals surface area contributed by atoms with Crippen molar-refractivity contribution in [2.24, 2.45) is 11.8 Å². The first-order valence-corrected chi connectivity index (χ1v) is 8.48. The summed E-state index contributed by atoms with van der Waals surface area (Å²) in [5, 5.41) is 12.8. The fourth-order valence-electron chi connectivity index (χ4n) is 4.02. The van der Waals surface area contributed by atoms with E-state index in [1.807, 2.05) is 19.1 Å². The van der Waals surface area contributed by atoms with Crippen LogP contribution in [0.15, 0.2) is 30.5 Å². The summed E-state index contributed by atoms with van der Waals surface area (Å²) < 4.78 is 15.8. The lowest BCUT2D eigenvalue weighted by Crippen LogP contribution is -2.30. The zero-order valence-electron chi connectivity index (χ0n) is 13.9. The molecule has 0 aromatic carbocycles. The van der Waals surface area contributed by atoms with Gasteiger partial charge in [0, 0.05) is 44.2 Å². The molecule has 0 aliphatic carbocycles. The van der Waals surface area contributed by atoms with Crippen molar-refractivity contribution in [3.8, 4) is 0 Å². The monoisotopic (exact) mass is 339 g/mol. The van der Waals surface area contributed by atoms with Crippen molar-refractivity contribution in [1.29, 1.82) is 0 Å². The Morgan fingerprint density at radius 2 is 1.76 bits per heavy atom. The molecule has 0 bridgehead atoms. The first-order valence-electron chi connectivity index (χ1n) is 8.48. The molecular weight excluding hydrogens is 321 g/mol. The van der Waals surface area contributed by atoms with Gasteiger partial charge in [0.2, 0.25) is 0 Å². The molecule has 0 N–H and O–H groups in total. The van der Waals surface area contributed by atoms with Gasteiger partial charge in [-0.3, -0.25) is 0 Å². The molecule has 0 spiro atoms. The third-order valence-electron chi connectivity index (χ3n) is 5.25. The lowest BCUT2D eigenvalue weighted by molar-refractivity contribution is 0.533. The van der Waals surface area contributed by atoms with Crippen LogP contribution in [0, 0.1) is 24.6 Å². The van der Waals surface area contributed by atoms with E-state index in [-0.39, 0.29) is 5.82 Å². The lowest BCUT2D eigenvalue weighted by Gasteiger charge is -2.23. The number of anilines is 2. The molecule has 2 aliphatic heterocycles. The van der Waals surface area contributed by atoms with E-state index in [0.29, 0.717) is 17.7 Å². The molecule has 25 heavy (non-hydrogen) atoms. The minimum atomic E-state index is -0.241. The average Bonchev–Trinajstić information content (AvgIpc) is 3.28. The standard InChI is InChI=1S/C17H18FN7/c1-11-20-21-15-4-5-16(22-25(11)15)23-7-12-9-24(10-13(12)8-23)17-14(18)3-2-6-19-17/h2-6,12-13H,7-10H2,1H3. The average molecular weight is 339 g/mol. The van der Waals surface area contributed by atoms with Gasteiger partial charge in [0.05, 0.1) is 0 Å². The molecule has 2 aliphatic rings. The van der Waals surface area contributed by atoms with E-state index < -0.39 is 0 Å². The molecule has 2 fully saturated rings. The molecule has 3 aromatic heterocycles. The minimum absolute atomic E-state index is 0.241. The molecule has 0 saturated carbocycles. The van der Waals surface area contributed by atoms with Gasteiger partial charge in [-0.1, -0.05) is 0 Å². The van der Waals surface area contributed by atoms with Crippen molar-refractivity contribution in [1.82, 2.24) is 24.8 Å². The molecule has 2 atom stereocenters. The highest BCUT2D eigenvalue weighted by atomic mass is 19.1. The van der Waals surface area contributed by atoms with Crippen LogP contribution < -0.4 is 9.80 Å². The minimum Gasteiger partial charge on any atom is -0.354 e. The highest BCUT2D eigenvalue weighted by molar-refractivity contribution is 5.48. The van der Waals surface area contributed by atoms with Crippen LogP contribution in [0.25, 0.3) is 5.65 Å². The largest absolute Gasteiger partial charge is 0.354 e. The number of fused-ring (bicyclic) bond motifs is 2. The van der Waals surface area contributed by atoms with Gasteiger partial charge in [0.25, 0.3) is 0 Å². The van der Waals surface area contributed by atoms with E-state index >= 15 is 0 Å². The summed E-state index contributed by atoms with van der Waals surface area (Å²) in [6, 6.07) is 7.06. The Morgan fingerprint density at radius 3 is 2.52 bits per heavy atom. The summed E-state index contributed by atoms with van der Waals surface area (Å²) in [6.07, 6.45) is 1.65. The highest BCUT2D eigenvalue weighted by Gasteiger charge is 2.41. The zero-order chi connectivity index (χ0) is 17.0. The molecule has 2 saturated heterocycles. The Labute approximate surface area is 144 Å². The smallest absolute Gasteiger partial charge is 0.178 e. The predicted molar refractivity (Wildman–Crippen MR) is 91.1 cm³/mol. The summed E-state index contributed by atoms with van der Waals surface area (Å²) in [5.74, 6) is 2.97. The Hall–Kier alpha value is -2.77. The van der Waals surface area contributed by atoms with Crippen LogP contribution in [0.3, 0.4) is 0 Å². The van der Waals surface area contributed by atoms with Gasteiger partial charge in [0.15, 0.2) is 23.1 Å². The number of halogens is 1. The fourth-order valence-corrected chi connectivity index (χ4v) is 4.02. The molecule has 128 valence electrons. The number of nitrogens with zero attached hydrogens (tertiary/aromatic N) is 7. The van der Waals surface area contributed by atoms with Crippen molar-refractivity contribution in [3.05, 3.63) is 42.1 Å². The molecule has 5 rings (SSSR count). The number of hydrogen-bond donors (Lipinski definition) is 0. The van der Waals surface area contributed by atoms with Gasteiger partial charge in [-0.05, 0) is 31.2 Å².